The van der Waals surface area contributed by atoms with E-state index < -0.39 is 5.82 Å². The van der Waals surface area contributed by atoms with Crippen LogP contribution in [0.25, 0.3) is 0 Å². The fourth-order valence-corrected chi connectivity index (χ4v) is 2.32. The molecule has 0 atom stereocenters. The minimum atomic E-state index is -0.461. The van der Waals surface area contributed by atoms with Crippen molar-refractivity contribution in [1.82, 2.24) is 5.32 Å². The number of halogens is 3. The van der Waals surface area contributed by atoms with E-state index >= 15 is 0 Å². The van der Waals surface area contributed by atoms with Crippen molar-refractivity contribution < 1.29 is 9.18 Å². The fourth-order valence-electron chi connectivity index (χ4n) is 1.70. The molecule has 20 heavy (non-hydrogen) atoms. The summed E-state index contributed by atoms with van der Waals surface area (Å²) in [4.78, 5) is 11.9. The number of rotatable bonds is 4. The first-order chi connectivity index (χ1) is 9.60. The first-order valence-electron chi connectivity index (χ1n) is 5.97. The third-order valence-electron chi connectivity index (χ3n) is 2.81. The molecule has 2 aromatic rings. The van der Waals surface area contributed by atoms with Crippen LogP contribution in [-0.2, 0) is 11.9 Å². The number of amides is 1. The maximum atomic E-state index is 12.9. The highest BCUT2D eigenvalue weighted by Gasteiger charge is 2.10. The lowest BCUT2D eigenvalue weighted by Crippen LogP contribution is -2.23. The average Bonchev–Trinajstić information content (AvgIpc) is 2.45. The smallest absolute Gasteiger partial charge is 0.253 e. The molecule has 1 amide bonds. The first-order valence-corrected chi connectivity index (χ1v) is 7.47. The third kappa shape index (κ3) is 3.81. The van der Waals surface area contributed by atoms with Crippen LogP contribution in [0.5, 0.6) is 0 Å². The van der Waals surface area contributed by atoms with Crippen LogP contribution in [0.1, 0.15) is 21.5 Å². The standard InChI is InChI=1S/C15H12BrClFNO/c16-8-10-1-3-11(4-2-10)9-19-15(20)13-6-5-12(18)7-14(13)17/h1-7H,8-9H2,(H,19,20). The van der Waals surface area contributed by atoms with Crippen molar-refractivity contribution in [3.63, 3.8) is 0 Å². The largest absolute Gasteiger partial charge is 0.348 e. The van der Waals surface area contributed by atoms with Gasteiger partial charge in [0.15, 0.2) is 0 Å². The Bertz CT molecular complexity index is 616. The molecule has 0 aliphatic rings. The molecule has 0 heterocycles. The Morgan fingerprint density at radius 1 is 1.15 bits per heavy atom. The van der Waals surface area contributed by atoms with E-state index in [0.29, 0.717) is 6.54 Å². The lowest BCUT2D eigenvalue weighted by Gasteiger charge is -2.07. The highest BCUT2D eigenvalue weighted by atomic mass is 79.9. The number of carbonyl (C=O) groups excluding carboxylic acids is 1. The molecule has 5 heteroatoms. The highest BCUT2D eigenvalue weighted by Crippen LogP contribution is 2.17. The SMILES string of the molecule is O=C(NCc1ccc(CBr)cc1)c1ccc(F)cc1Cl. The second-order valence-corrected chi connectivity index (χ2v) is 5.22. The molecule has 2 aromatic carbocycles. The summed E-state index contributed by atoms with van der Waals surface area (Å²) in [5, 5.41) is 3.66. The van der Waals surface area contributed by atoms with Crippen LogP contribution >= 0.6 is 27.5 Å². The van der Waals surface area contributed by atoms with Gasteiger partial charge in [-0.2, -0.15) is 0 Å². The number of nitrogens with one attached hydrogen (secondary N) is 1. The van der Waals surface area contributed by atoms with Gasteiger partial charge in [0, 0.05) is 11.9 Å². The first kappa shape index (κ1) is 15.0. The molecule has 0 aromatic heterocycles. The van der Waals surface area contributed by atoms with Crippen LogP contribution in [0, 0.1) is 5.82 Å². The van der Waals surface area contributed by atoms with Gasteiger partial charge in [-0.1, -0.05) is 51.8 Å². The summed E-state index contributed by atoms with van der Waals surface area (Å²) in [6, 6.07) is 11.6. The van der Waals surface area contributed by atoms with E-state index in [1.807, 2.05) is 24.3 Å². The number of alkyl halides is 1. The van der Waals surface area contributed by atoms with E-state index in [1.165, 1.54) is 17.7 Å². The molecule has 0 spiro atoms. The van der Waals surface area contributed by atoms with E-state index in [2.05, 4.69) is 21.2 Å². The van der Waals surface area contributed by atoms with Crippen molar-refractivity contribution in [2.75, 3.05) is 0 Å². The molecule has 0 saturated carbocycles. The topological polar surface area (TPSA) is 29.1 Å². The van der Waals surface area contributed by atoms with Crippen LogP contribution in [0.4, 0.5) is 4.39 Å². The number of benzene rings is 2. The zero-order chi connectivity index (χ0) is 14.5. The predicted molar refractivity (Wildman–Crippen MR) is 81.7 cm³/mol. The summed E-state index contributed by atoms with van der Waals surface area (Å²) in [5.74, 6) is -0.781. The van der Waals surface area contributed by atoms with E-state index in [1.54, 1.807) is 0 Å². The van der Waals surface area contributed by atoms with Crippen molar-refractivity contribution in [2.45, 2.75) is 11.9 Å². The molecule has 0 unspecified atom stereocenters. The molecular weight excluding hydrogens is 345 g/mol. The Hall–Kier alpha value is -1.39. The van der Waals surface area contributed by atoms with Gasteiger partial charge in [0.1, 0.15) is 5.82 Å². The summed E-state index contributed by atoms with van der Waals surface area (Å²) in [6.45, 7) is 0.398. The molecule has 0 bridgehead atoms. The zero-order valence-corrected chi connectivity index (χ0v) is 12.8. The fraction of sp³-hybridized carbons (Fsp3) is 0.133. The minimum Gasteiger partial charge on any atom is -0.348 e. The number of hydrogen-bond donors (Lipinski definition) is 1. The number of hydrogen-bond acceptors (Lipinski definition) is 1. The maximum absolute atomic E-state index is 12.9. The minimum absolute atomic E-state index is 0.108. The van der Waals surface area contributed by atoms with Crippen LogP contribution in [-0.4, -0.2) is 5.91 Å². The molecule has 104 valence electrons. The summed E-state index contributed by atoms with van der Waals surface area (Å²) in [7, 11) is 0. The van der Waals surface area contributed by atoms with Gasteiger partial charge in [-0.3, -0.25) is 4.79 Å². The van der Waals surface area contributed by atoms with Crippen molar-refractivity contribution in [3.05, 3.63) is 70.0 Å². The molecule has 0 aliphatic carbocycles. The summed E-state index contributed by atoms with van der Waals surface area (Å²) >= 11 is 9.21. The molecule has 2 rings (SSSR count). The quantitative estimate of drug-likeness (QED) is 0.813. The van der Waals surface area contributed by atoms with Gasteiger partial charge in [0.05, 0.1) is 10.6 Å². The number of carbonyl (C=O) groups is 1. The van der Waals surface area contributed by atoms with Crippen LogP contribution < -0.4 is 5.32 Å². The van der Waals surface area contributed by atoms with E-state index in [4.69, 9.17) is 11.6 Å². The van der Waals surface area contributed by atoms with Crippen molar-refractivity contribution >= 4 is 33.4 Å². The third-order valence-corrected chi connectivity index (χ3v) is 3.77. The second-order valence-electron chi connectivity index (χ2n) is 4.26. The van der Waals surface area contributed by atoms with Crippen LogP contribution in [0.3, 0.4) is 0 Å². The van der Waals surface area contributed by atoms with Gasteiger partial charge in [-0.25, -0.2) is 4.39 Å². The summed E-state index contributed by atoms with van der Waals surface area (Å²) in [5.41, 5.74) is 2.42. The summed E-state index contributed by atoms with van der Waals surface area (Å²) in [6.07, 6.45) is 0. The molecular formula is C15H12BrClFNO. The Morgan fingerprint density at radius 3 is 2.40 bits per heavy atom. The normalized spacial score (nSPS) is 10.3. The Balaban J connectivity index is 2.00. The zero-order valence-electron chi connectivity index (χ0n) is 10.5. The van der Waals surface area contributed by atoms with E-state index in [0.717, 1.165) is 17.0 Å². The predicted octanol–water partition coefficient (Wildman–Crippen LogP) is 4.30. The second kappa shape index (κ2) is 6.86. The van der Waals surface area contributed by atoms with E-state index in [9.17, 15) is 9.18 Å². The monoisotopic (exact) mass is 355 g/mol. The van der Waals surface area contributed by atoms with Gasteiger partial charge in [0.25, 0.3) is 5.91 Å². The molecule has 1 N–H and O–H groups in total. The van der Waals surface area contributed by atoms with Gasteiger partial charge in [0.2, 0.25) is 0 Å². The molecule has 0 radical (unpaired) electrons. The molecule has 0 saturated heterocycles. The Labute approximate surface area is 130 Å². The van der Waals surface area contributed by atoms with Crippen molar-refractivity contribution in [3.8, 4) is 0 Å². The van der Waals surface area contributed by atoms with E-state index in [-0.39, 0.29) is 16.5 Å². The molecule has 0 aliphatic heterocycles. The van der Waals surface area contributed by atoms with Gasteiger partial charge < -0.3 is 5.32 Å². The van der Waals surface area contributed by atoms with Crippen LogP contribution in [0.15, 0.2) is 42.5 Å². The maximum Gasteiger partial charge on any atom is 0.253 e. The van der Waals surface area contributed by atoms with Crippen molar-refractivity contribution in [1.29, 1.82) is 0 Å². The highest BCUT2D eigenvalue weighted by molar-refractivity contribution is 9.08. The van der Waals surface area contributed by atoms with Gasteiger partial charge in [-0.15, -0.1) is 0 Å². The van der Waals surface area contributed by atoms with Crippen molar-refractivity contribution in [2.24, 2.45) is 0 Å². The lowest BCUT2D eigenvalue weighted by molar-refractivity contribution is 0.0951. The Kier molecular flexibility index (Phi) is 5.15. The lowest BCUT2D eigenvalue weighted by atomic mass is 10.1. The molecule has 0 fully saturated rings. The van der Waals surface area contributed by atoms with Gasteiger partial charge >= 0.3 is 0 Å². The average molecular weight is 357 g/mol. The summed E-state index contributed by atoms with van der Waals surface area (Å²) < 4.78 is 12.9. The van der Waals surface area contributed by atoms with Crippen LogP contribution in [0.2, 0.25) is 5.02 Å². The molecule has 2 nitrogen and oxygen atoms in total. The Morgan fingerprint density at radius 2 is 1.80 bits per heavy atom. The van der Waals surface area contributed by atoms with Gasteiger partial charge in [-0.05, 0) is 29.3 Å².